The van der Waals surface area contributed by atoms with Gasteiger partial charge < -0.3 is 10.0 Å². The molecule has 0 spiro atoms. The number of carbonyl (C=O) groups excluding carboxylic acids is 1. The molecule has 4 nitrogen and oxygen atoms in total. The number of nitrogens with zero attached hydrogens (tertiary/aromatic N) is 2. The normalized spacial score (nSPS) is 19.3. The number of benzene rings is 1. The molecule has 1 atom stereocenters. The molecule has 1 heterocycles. The second-order valence-electron chi connectivity index (χ2n) is 4.53. The van der Waals surface area contributed by atoms with Crippen LogP contribution in [0.3, 0.4) is 0 Å². The van der Waals surface area contributed by atoms with Gasteiger partial charge >= 0.3 is 0 Å². The summed E-state index contributed by atoms with van der Waals surface area (Å²) in [5.74, 6) is 0.0547. The zero-order valence-corrected chi connectivity index (χ0v) is 10.2. The Morgan fingerprint density at radius 2 is 2.22 bits per heavy atom. The number of hydrogen-bond donors (Lipinski definition) is 1. The third-order valence-electron chi connectivity index (χ3n) is 3.31. The maximum atomic E-state index is 12.2. The van der Waals surface area contributed by atoms with Crippen molar-refractivity contribution in [1.29, 1.82) is 5.26 Å². The van der Waals surface area contributed by atoms with Crippen molar-refractivity contribution in [3.05, 3.63) is 29.8 Å². The van der Waals surface area contributed by atoms with E-state index < -0.39 is 0 Å². The summed E-state index contributed by atoms with van der Waals surface area (Å²) in [6.45, 7) is 0.644. The molecule has 1 aliphatic rings. The number of phenols is 1. The number of para-hydroxylation sites is 1. The van der Waals surface area contributed by atoms with Crippen molar-refractivity contribution in [2.45, 2.75) is 31.7 Å². The van der Waals surface area contributed by atoms with Crippen molar-refractivity contribution in [3.8, 4) is 11.8 Å². The zero-order valence-electron chi connectivity index (χ0n) is 10.2. The zero-order chi connectivity index (χ0) is 13.0. The third-order valence-corrected chi connectivity index (χ3v) is 3.31. The van der Waals surface area contributed by atoms with Crippen molar-refractivity contribution >= 4 is 5.91 Å². The lowest BCUT2D eigenvalue weighted by atomic mass is 10.0. The van der Waals surface area contributed by atoms with E-state index in [0.717, 1.165) is 19.3 Å². The van der Waals surface area contributed by atoms with Crippen LogP contribution in [-0.4, -0.2) is 28.5 Å². The van der Waals surface area contributed by atoms with Gasteiger partial charge in [0.15, 0.2) is 0 Å². The van der Waals surface area contributed by atoms with Crippen LogP contribution in [0.4, 0.5) is 0 Å². The maximum absolute atomic E-state index is 12.2. The Balaban J connectivity index is 2.08. The number of likely N-dealkylation sites (tertiary alicyclic amines) is 1. The van der Waals surface area contributed by atoms with Crippen LogP contribution in [0.5, 0.6) is 5.75 Å². The molecule has 1 aromatic rings. The fraction of sp³-hybridized carbons (Fsp3) is 0.429. The number of carbonyl (C=O) groups is 1. The predicted molar refractivity (Wildman–Crippen MR) is 66.8 cm³/mol. The molecule has 0 aliphatic carbocycles. The molecular formula is C14H16N2O2. The van der Waals surface area contributed by atoms with Crippen LogP contribution in [-0.2, 0) is 11.2 Å². The molecule has 1 unspecified atom stereocenters. The molecule has 1 fully saturated rings. The summed E-state index contributed by atoms with van der Waals surface area (Å²) < 4.78 is 0. The highest BCUT2D eigenvalue weighted by molar-refractivity contribution is 5.80. The number of nitriles is 1. The lowest BCUT2D eigenvalue weighted by molar-refractivity contribution is -0.132. The molecule has 1 aromatic carbocycles. The molecular weight excluding hydrogens is 228 g/mol. The van der Waals surface area contributed by atoms with E-state index in [4.69, 9.17) is 5.26 Å². The largest absolute Gasteiger partial charge is 0.508 e. The van der Waals surface area contributed by atoms with E-state index in [0.29, 0.717) is 12.1 Å². The molecule has 1 saturated heterocycles. The third kappa shape index (κ3) is 2.62. The molecule has 0 bridgehead atoms. The van der Waals surface area contributed by atoms with Crippen molar-refractivity contribution in [2.75, 3.05) is 6.54 Å². The fourth-order valence-electron chi connectivity index (χ4n) is 2.29. The van der Waals surface area contributed by atoms with Crippen molar-refractivity contribution in [2.24, 2.45) is 0 Å². The SMILES string of the molecule is N#CC1CCCCN1C(=O)Cc1ccccc1O. The number of amides is 1. The van der Waals surface area contributed by atoms with Gasteiger partial charge in [-0.15, -0.1) is 0 Å². The predicted octanol–water partition coefficient (Wildman–Crippen LogP) is 1.84. The lowest BCUT2D eigenvalue weighted by Crippen LogP contribution is -2.43. The second-order valence-corrected chi connectivity index (χ2v) is 4.53. The van der Waals surface area contributed by atoms with Gasteiger partial charge in [0.1, 0.15) is 11.8 Å². The van der Waals surface area contributed by atoms with Gasteiger partial charge in [0.25, 0.3) is 0 Å². The maximum Gasteiger partial charge on any atom is 0.228 e. The second kappa shape index (κ2) is 5.54. The summed E-state index contributed by atoms with van der Waals surface area (Å²) in [6.07, 6.45) is 2.86. The summed E-state index contributed by atoms with van der Waals surface area (Å²) >= 11 is 0. The molecule has 4 heteroatoms. The summed E-state index contributed by atoms with van der Waals surface area (Å²) in [5.41, 5.74) is 0.616. The van der Waals surface area contributed by atoms with Gasteiger partial charge in [0, 0.05) is 12.1 Å². The number of aromatic hydroxyl groups is 1. The Kier molecular flexibility index (Phi) is 3.83. The van der Waals surface area contributed by atoms with E-state index in [-0.39, 0.29) is 24.1 Å². The van der Waals surface area contributed by atoms with E-state index >= 15 is 0 Å². The summed E-state index contributed by atoms with van der Waals surface area (Å²) in [5, 5.41) is 18.7. The van der Waals surface area contributed by atoms with Crippen LogP contribution >= 0.6 is 0 Å². The minimum Gasteiger partial charge on any atom is -0.508 e. The standard InChI is InChI=1S/C14H16N2O2/c15-10-12-6-3-4-8-16(12)14(18)9-11-5-1-2-7-13(11)17/h1-2,5,7,12,17H,3-4,6,8-9H2. The van der Waals surface area contributed by atoms with Crippen molar-refractivity contribution in [1.82, 2.24) is 4.90 Å². The summed E-state index contributed by atoms with van der Waals surface area (Å²) in [6, 6.07) is 8.69. The first kappa shape index (κ1) is 12.4. The molecule has 1 aliphatic heterocycles. The Bertz CT molecular complexity index is 479. The van der Waals surface area contributed by atoms with E-state index in [9.17, 15) is 9.90 Å². The van der Waals surface area contributed by atoms with Gasteiger partial charge in [-0.05, 0) is 25.3 Å². The van der Waals surface area contributed by atoms with E-state index in [1.165, 1.54) is 0 Å². The number of hydrogen-bond acceptors (Lipinski definition) is 3. The van der Waals surface area contributed by atoms with E-state index in [2.05, 4.69) is 6.07 Å². The first-order valence-corrected chi connectivity index (χ1v) is 6.18. The van der Waals surface area contributed by atoms with Gasteiger partial charge in [-0.25, -0.2) is 0 Å². The van der Waals surface area contributed by atoms with Crippen LogP contribution < -0.4 is 0 Å². The van der Waals surface area contributed by atoms with Crippen molar-refractivity contribution < 1.29 is 9.90 Å². The molecule has 0 aromatic heterocycles. The molecule has 0 saturated carbocycles. The molecule has 0 radical (unpaired) electrons. The average molecular weight is 244 g/mol. The molecule has 94 valence electrons. The van der Waals surface area contributed by atoms with Crippen LogP contribution in [0.1, 0.15) is 24.8 Å². The minimum atomic E-state index is -0.308. The monoisotopic (exact) mass is 244 g/mol. The molecule has 2 rings (SSSR count). The summed E-state index contributed by atoms with van der Waals surface area (Å²) in [4.78, 5) is 13.8. The Morgan fingerprint density at radius 1 is 1.44 bits per heavy atom. The van der Waals surface area contributed by atoms with Crippen LogP contribution in [0.15, 0.2) is 24.3 Å². The van der Waals surface area contributed by atoms with Gasteiger partial charge in [-0.2, -0.15) is 5.26 Å². The Labute approximate surface area is 106 Å². The first-order valence-electron chi connectivity index (χ1n) is 6.18. The van der Waals surface area contributed by atoms with Gasteiger partial charge in [0.2, 0.25) is 5.91 Å². The average Bonchev–Trinajstić information content (AvgIpc) is 2.41. The first-order chi connectivity index (χ1) is 8.72. The van der Waals surface area contributed by atoms with Crippen molar-refractivity contribution in [3.63, 3.8) is 0 Å². The van der Waals surface area contributed by atoms with Crippen LogP contribution in [0.25, 0.3) is 0 Å². The van der Waals surface area contributed by atoms with E-state index in [1.807, 2.05) is 0 Å². The van der Waals surface area contributed by atoms with Crippen LogP contribution in [0.2, 0.25) is 0 Å². The number of rotatable bonds is 2. The highest BCUT2D eigenvalue weighted by Crippen LogP contribution is 2.21. The smallest absolute Gasteiger partial charge is 0.228 e. The fourth-order valence-corrected chi connectivity index (χ4v) is 2.29. The quantitative estimate of drug-likeness (QED) is 0.863. The van der Waals surface area contributed by atoms with Crippen LogP contribution in [0, 0.1) is 11.3 Å². The van der Waals surface area contributed by atoms with Gasteiger partial charge in [0.05, 0.1) is 12.5 Å². The highest BCUT2D eigenvalue weighted by Gasteiger charge is 2.26. The Morgan fingerprint density at radius 3 is 2.94 bits per heavy atom. The Hall–Kier alpha value is -2.02. The number of piperidine rings is 1. The van der Waals surface area contributed by atoms with Gasteiger partial charge in [-0.3, -0.25) is 4.79 Å². The molecule has 1 amide bonds. The lowest BCUT2D eigenvalue weighted by Gasteiger charge is -2.31. The number of phenolic OH excluding ortho intramolecular Hbond substituents is 1. The minimum absolute atomic E-state index is 0.0808. The topological polar surface area (TPSA) is 64.3 Å². The summed E-state index contributed by atoms with van der Waals surface area (Å²) in [7, 11) is 0. The molecule has 1 N–H and O–H groups in total. The highest BCUT2D eigenvalue weighted by atomic mass is 16.3. The molecule has 18 heavy (non-hydrogen) atoms. The van der Waals surface area contributed by atoms with E-state index in [1.54, 1.807) is 29.2 Å². The van der Waals surface area contributed by atoms with Gasteiger partial charge in [-0.1, -0.05) is 18.2 Å².